The first kappa shape index (κ1) is 13.6. The second kappa shape index (κ2) is 7.01. The maximum Gasteiger partial charge on any atom is 0.303 e. The smallest absolute Gasteiger partial charge is 0.303 e. The van der Waals surface area contributed by atoms with Crippen LogP contribution in [-0.2, 0) is 11.3 Å². The third kappa shape index (κ3) is 5.60. The average molecular weight is 308 g/mol. The second-order valence-electron chi connectivity index (χ2n) is 3.45. The van der Waals surface area contributed by atoms with Gasteiger partial charge in [-0.05, 0) is 28.4 Å². The minimum absolute atomic E-state index is 0.00734. The van der Waals surface area contributed by atoms with Gasteiger partial charge in [0.25, 0.3) is 0 Å². The monoisotopic (exact) mass is 307 g/mol. The Kier molecular flexibility index (Phi) is 5.97. The van der Waals surface area contributed by atoms with Gasteiger partial charge in [0, 0.05) is 34.2 Å². The van der Waals surface area contributed by atoms with Gasteiger partial charge in [0.15, 0.2) is 0 Å². The van der Waals surface area contributed by atoms with Gasteiger partial charge in [0.1, 0.15) is 0 Å². The average Bonchev–Trinajstić information content (AvgIpc) is 2.61. The van der Waals surface area contributed by atoms with Gasteiger partial charge in [0.05, 0.1) is 6.10 Å². The molecule has 1 rings (SSSR count). The number of carboxylic acids is 1. The van der Waals surface area contributed by atoms with Crippen LogP contribution in [0.5, 0.6) is 0 Å². The van der Waals surface area contributed by atoms with Crippen LogP contribution in [0.15, 0.2) is 15.9 Å². The molecule has 1 aromatic heterocycles. The van der Waals surface area contributed by atoms with Crippen molar-refractivity contribution in [2.24, 2.45) is 0 Å². The first-order valence-electron chi connectivity index (χ1n) is 4.91. The van der Waals surface area contributed by atoms with Crippen molar-refractivity contribution in [3.63, 3.8) is 0 Å². The number of aliphatic hydroxyl groups is 1. The molecule has 0 aromatic carbocycles. The number of carboxylic acid groups (broad SMARTS) is 1. The van der Waals surface area contributed by atoms with Gasteiger partial charge < -0.3 is 15.5 Å². The zero-order valence-electron chi connectivity index (χ0n) is 8.65. The molecule has 0 fully saturated rings. The summed E-state index contributed by atoms with van der Waals surface area (Å²) in [5, 5.41) is 23.0. The summed E-state index contributed by atoms with van der Waals surface area (Å²) in [6, 6.07) is 2.02. The molecule has 6 heteroatoms. The van der Waals surface area contributed by atoms with Crippen molar-refractivity contribution in [1.82, 2.24) is 5.32 Å². The van der Waals surface area contributed by atoms with Crippen molar-refractivity contribution >= 4 is 33.2 Å². The molecule has 1 atom stereocenters. The molecule has 0 saturated carbocycles. The number of hydrogen-bond acceptors (Lipinski definition) is 4. The van der Waals surface area contributed by atoms with Crippen LogP contribution < -0.4 is 5.32 Å². The highest BCUT2D eigenvalue weighted by Crippen LogP contribution is 2.19. The maximum absolute atomic E-state index is 10.3. The molecular formula is C10H14BrNO3S. The Hall–Kier alpha value is -0.430. The van der Waals surface area contributed by atoms with Crippen molar-refractivity contribution < 1.29 is 15.0 Å². The normalized spacial score (nSPS) is 12.6. The summed E-state index contributed by atoms with van der Waals surface area (Å²) in [5.41, 5.74) is 0. The van der Waals surface area contributed by atoms with E-state index >= 15 is 0 Å². The van der Waals surface area contributed by atoms with E-state index in [1.807, 2.05) is 11.4 Å². The fraction of sp³-hybridized carbons (Fsp3) is 0.500. The highest BCUT2D eigenvalue weighted by molar-refractivity contribution is 9.10. The van der Waals surface area contributed by atoms with Crippen LogP contribution >= 0.6 is 27.3 Å². The summed E-state index contributed by atoms with van der Waals surface area (Å²) in [6.45, 7) is 1.11. The number of aliphatic carboxylic acids is 1. The Morgan fingerprint density at radius 3 is 2.94 bits per heavy atom. The van der Waals surface area contributed by atoms with Crippen molar-refractivity contribution in [1.29, 1.82) is 0 Å². The van der Waals surface area contributed by atoms with E-state index in [0.717, 1.165) is 4.47 Å². The van der Waals surface area contributed by atoms with Crippen molar-refractivity contribution in [2.75, 3.05) is 6.54 Å². The van der Waals surface area contributed by atoms with Crippen molar-refractivity contribution in [3.8, 4) is 0 Å². The first-order valence-corrected chi connectivity index (χ1v) is 6.58. The molecule has 4 nitrogen and oxygen atoms in total. The first-order chi connectivity index (χ1) is 7.58. The standard InChI is InChI=1S/C10H14BrNO3S/c11-7-3-9(16-6-7)5-12-4-8(13)1-2-10(14)15/h3,6,8,12-13H,1-2,4-5H2,(H,14,15). The van der Waals surface area contributed by atoms with Crippen LogP contribution in [0.3, 0.4) is 0 Å². The Labute approximate surface area is 106 Å². The lowest BCUT2D eigenvalue weighted by atomic mass is 10.2. The van der Waals surface area contributed by atoms with Gasteiger partial charge in [-0.15, -0.1) is 11.3 Å². The van der Waals surface area contributed by atoms with E-state index in [0.29, 0.717) is 13.1 Å². The van der Waals surface area contributed by atoms with E-state index in [9.17, 15) is 9.90 Å². The molecule has 3 N–H and O–H groups in total. The van der Waals surface area contributed by atoms with Gasteiger partial charge in [-0.3, -0.25) is 4.79 Å². The minimum atomic E-state index is -0.874. The van der Waals surface area contributed by atoms with Crippen molar-refractivity contribution in [2.45, 2.75) is 25.5 Å². The van der Waals surface area contributed by atoms with Gasteiger partial charge in [0.2, 0.25) is 0 Å². The van der Waals surface area contributed by atoms with Gasteiger partial charge in [-0.25, -0.2) is 0 Å². The van der Waals surface area contributed by atoms with E-state index in [4.69, 9.17) is 5.11 Å². The van der Waals surface area contributed by atoms with E-state index in [2.05, 4.69) is 21.2 Å². The lowest BCUT2D eigenvalue weighted by Gasteiger charge is -2.09. The molecule has 16 heavy (non-hydrogen) atoms. The fourth-order valence-corrected chi connectivity index (χ4v) is 2.62. The van der Waals surface area contributed by atoms with Crippen LogP contribution in [0, 0.1) is 0 Å². The molecule has 0 aliphatic carbocycles. The summed E-state index contributed by atoms with van der Waals surface area (Å²) >= 11 is 5.00. The molecule has 90 valence electrons. The predicted molar refractivity (Wildman–Crippen MR) is 66.6 cm³/mol. The van der Waals surface area contributed by atoms with Crippen LogP contribution in [0.4, 0.5) is 0 Å². The summed E-state index contributed by atoms with van der Waals surface area (Å²) in [5.74, 6) is -0.874. The third-order valence-electron chi connectivity index (χ3n) is 1.99. The van der Waals surface area contributed by atoms with Crippen LogP contribution in [-0.4, -0.2) is 28.8 Å². The molecule has 1 aromatic rings. The highest BCUT2D eigenvalue weighted by atomic mass is 79.9. The molecule has 0 bridgehead atoms. The molecule has 0 radical (unpaired) electrons. The number of aliphatic hydroxyl groups excluding tert-OH is 1. The molecule has 0 spiro atoms. The molecule has 1 unspecified atom stereocenters. The Morgan fingerprint density at radius 2 is 2.38 bits per heavy atom. The number of halogens is 1. The lowest BCUT2D eigenvalue weighted by Crippen LogP contribution is -2.26. The summed E-state index contributed by atoms with van der Waals surface area (Å²) in [6.07, 6.45) is -0.302. The van der Waals surface area contributed by atoms with Crippen molar-refractivity contribution in [3.05, 3.63) is 20.8 Å². The zero-order chi connectivity index (χ0) is 12.0. The summed E-state index contributed by atoms with van der Waals surface area (Å²) in [4.78, 5) is 11.4. The second-order valence-corrected chi connectivity index (χ2v) is 5.36. The fourth-order valence-electron chi connectivity index (χ4n) is 1.20. The predicted octanol–water partition coefficient (Wildman–Crippen LogP) is 1.83. The largest absolute Gasteiger partial charge is 0.481 e. The van der Waals surface area contributed by atoms with Gasteiger partial charge in [-0.1, -0.05) is 0 Å². The van der Waals surface area contributed by atoms with E-state index in [1.165, 1.54) is 4.88 Å². The Morgan fingerprint density at radius 1 is 1.62 bits per heavy atom. The molecule has 1 heterocycles. The molecule has 0 saturated heterocycles. The van der Waals surface area contributed by atoms with E-state index in [1.54, 1.807) is 11.3 Å². The minimum Gasteiger partial charge on any atom is -0.481 e. The topological polar surface area (TPSA) is 69.6 Å². The number of nitrogens with one attached hydrogen (secondary N) is 1. The van der Waals surface area contributed by atoms with Crippen LogP contribution in [0.2, 0.25) is 0 Å². The maximum atomic E-state index is 10.3. The third-order valence-corrected chi connectivity index (χ3v) is 3.69. The summed E-state index contributed by atoms with van der Waals surface area (Å²) in [7, 11) is 0. The van der Waals surface area contributed by atoms with Gasteiger partial charge >= 0.3 is 5.97 Å². The van der Waals surface area contributed by atoms with E-state index in [-0.39, 0.29) is 12.8 Å². The lowest BCUT2D eigenvalue weighted by molar-refractivity contribution is -0.137. The quantitative estimate of drug-likeness (QED) is 0.719. The van der Waals surface area contributed by atoms with Crippen LogP contribution in [0.25, 0.3) is 0 Å². The molecule has 0 aliphatic rings. The SMILES string of the molecule is O=C(O)CCC(O)CNCc1cc(Br)cs1. The highest BCUT2D eigenvalue weighted by Gasteiger charge is 2.06. The summed E-state index contributed by atoms with van der Waals surface area (Å²) < 4.78 is 1.06. The number of carbonyl (C=O) groups is 1. The van der Waals surface area contributed by atoms with Crippen LogP contribution in [0.1, 0.15) is 17.7 Å². The van der Waals surface area contributed by atoms with Gasteiger partial charge in [-0.2, -0.15) is 0 Å². The molecular weight excluding hydrogens is 294 g/mol. The molecule has 0 aliphatic heterocycles. The van der Waals surface area contributed by atoms with E-state index < -0.39 is 12.1 Å². The Bertz CT molecular complexity index is 343. The number of hydrogen-bond donors (Lipinski definition) is 3. The zero-order valence-corrected chi connectivity index (χ0v) is 11.1. The Balaban J connectivity index is 2.13. The number of rotatable bonds is 7. The molecule has 0 amide bonds. The number of thiophene rings is 1.